The number of esters is 1. The minimum absolute atomic E-state index is 0.140. The Kier molecular flexibility index (Phi) is 6.89. The van der Waals surface area contributed by atoms with Gasteiger partial charge in [-0.1, -0.05) is 30.0 Å². The molecule has 1 aromatic heterocycles. The molecule has 1 saturated carbocycles. The summed E-state index contributed by atoms with van der Waals surface area (Å²) < 4.78 is 12.5. The first-order chi connectivity index (χ1) is 15.1. The van der Waals surface area contributed by atoms with Crippen molar-refractivity contribution in [2.24, 2.45) is 0 Å². The van der Waals surface area contributed by atoms with Crippen LogP contribution in [0.1, 0.15) is 41.9 Å². The van der Waals surface area contributed by atoms with Crippen molar-refractivity contribution in [3.63, 3.8) is 0 Å². The molecule has 1 aliphatic rings. The van der Waals surface area contributed by atoms with Crippen molar-refractivity contribution < 1.29 is 19.4 Å². The first-order valence-corrected chi connectivity index (χ1v) is 11.4. The Balaban J connectivity index is 1.30. The lowest BCUT2D eigenvalue weighted by Gasteiger charge is -2.11. The van der Waals surface area contributed by atoms with Gasteiger partial charge in [-0.2, -0.15) is 0 Å². The summed E-state index contributed by atoms with van der Waals surface area (Å²) >= 11 is 1.42. The van der Waals surface area contributed by atoms with Gasteiger partial charge < -0.3 is 14.6 Å². The molecule has 1 aliphatic carbocycles. The Labute approximate surface area is 185 Å². The maximum atomic E-state index is 11.7. The SMILES string of the molecule is CCOC(=O)c1ccc(OCC(O)CSc2nc(C3CC3)n(-c3ccccc3)n2)cc1. The highest BCUT2D eigenvalue weighted by Crippen LogP contribution is 2.40. The number of carbonyl (C=O) groups excluding carboxylic acids is 1. The van der Waals surface area contributed by atoms with E-state index in [2.05, 4.69) is 5.10 Å². The van der Waals surface area contributed by atoms with Crippen LogP contribution in [0.4, 0.5) is 0 Å². The Hall–Kier alpha value is -2.84. The molecule has 3 aromatic rings. The largest absolute Gasteiger partial charge is 0.491 e. The minimum atomic E-state index is -0.678. The molecule has 1 heterocycles. The molecule has 162 valence electrons. The number of thioether (sulfide) groups is 1. The molecule has 1 N–H and O–H groups in total. The molecule has 4 rings (SSSR count). The number of hydrogen-bond acceptors (Lipinski definition) is 7. The van der Waals surface area contributed by atoms with Crippen LogP contribution in [0.25, 0.3) is 5.69 Å². The normalized spacial score (nSPS) is 14.3. The molecule has 0 saturated heterocycles. The van der Waals surface area contributed by atoms with E-state index in [9.17, 15) is 9.90 Å². The first kappa shape index (κ1) is 21.4. The van der Waals surface area contributed by atoms with Gasteiger partial charge in [0.1, 0.15) is 18.2 Å². The second-order valence-electron chi connectivity index (χ2n) is 7.29. The number of carbonyl (C=O) groups is 1. The highest BCUT2D eigenvalue weighted by molar-refractivity contribution is 7.99. The molecular weight excluding hydrogens is 414 g/mol. The summed E-state index contributed by atoms with van der Waals surface area (Å²) in [6.07, 6.45) is 1.60. The van der Waals surface area contributed by atoms with Crippen LogP contribution >= 0.6 is 11.8 Å². The average Bonchev–Trinajstić information content (AvgIpc) is 3.56. The van der Waals surface area contributed by atoms with Crippen molar-refractivity contribution in [1.82, 2.24) is 14.8 Å². The van der Waals surface area contributed by atoms with Crippen molar-refractivity contribution >= 4 is 17.7 Å². The van der Waals surface area contributed by atoms with E-state index < -0.39 is 6.10 Å². The Morgan fingerprint density at radius 1 is 1.19 bits per heavy atom. The second-order valence-corrected chi connectivity index (χ2v) is 8.28. The van der Waals surface area contributed by atoms with Gasteiger partial charge in [0.15, 0.2) is 0 Å². The molecule has 31 heavy (non-hydrogen) atoms. The Morgan fingerprint density at radius 2 is 1.94 bits per heavy atom. The van der Waals surface area contributed by atoms with E-state index in [0.29, 0.717) is 34.7 Å². The Morgan fingerprint density at radius 3 is 2.61 bits per heavy atom. The number of ether oxygens (including phenoxy) is 2. The summed E-state index contributed by atoms with van der Waals surface area (Å²) in [4.78, 5) is 16.4. The van der Waals surface area contributed by atoms with Crippen LogP contribution in [0.15, 0.2) is 59.8 Å². The number of para-hydroxylation sites is 1. The third kappa shape index (κ3) is 5.65. The second kappa shape index (κ2) is 9.98. The smallest absolute Gasteiger partial charge is 0.338 e. The standard InChI is InChI=1S/C23H25N3O4S/c1-2-29-22(28)17-10-12-20(13-11-17)30-14-19(27)15-31-23-24-21(16-8-9-16)26(25-23)18-6-4-3-5-7-18/h3-7,10-13,16,19,27H,2,8-9,14-15H2,1H3. The molecule has 0 radical (unpaired) electrons. The molecule has 2 aromatic carbocycles. The van der Waals surface area contributed by atoms with E-state index in [4.69, 9.17) is 14.5 Å². The highest BCUT2D eigenvalue weighted by Gasteiger charge is 2.30. The van der Waals surface area contributed by atoms with E-state index in [-0.39, 0.29) is 12.6 Å². The van der Waals surface area contributed by atoms with Gasteiger partial charge in [-0.15, -0.1) is 5.10 Å². The van der Waals surface area contributed by atoms with Crippen LogP contribution in [0, 0.1) is 0 Å². The topological polar surface area (TPSA) is 86.5 Å². The molecule has 1 unspecified atom stereocenters. The number of nitrogens with zero attached hydrogens (tertiary/aromatic N) is 3. The van der Waals surface area contributed by atoms with Gasteiger partial charge in [-0.3, -0.25) is 0 Å². The monoisotopic (exact) mass is 439 g/mol. The van der Waals surface area contributed by atoms with E-state index in [0.717, 1.165) is 24.4 Å². The zero-order valence-electron chi connectivity index (χ0n) is 17.3. The van der Waals surface area contributed by atoms with E-state index >= 15 is 0 Å². The van der Waals surface area contributed by atoms with Crippen molar-refractivity contribution in [3.05, 3.63) is 66.0 Å². The van der Waals surface area contributed by atoms with Crippen molar-refractivity contribution in [2.45, 2.75) is 36.9 Å². The predicted molar refractivity (Wildman–Crippen MR) is 118 cm³/mol. The zero-order chi connectivity index (χ0) is 21.6. The summed E-state index contributed by atoms with van der Waals surface area (Å²) in [5.41, 5.74) is 1.47. The third-order valence-corrected chi connectivity index (χ3v) is 5.75. The maximum Gasteiger partial charge on any atom is 0.338 e. The first-order valence-electron chi connectivity index (χ1n) is 10.4. The van der Waals surface area contributed by atoms with E-state index in [1.807, 2.05) is 35.0 Å². The van der Waals surface area contributed by atoms with E-state index in [1.54, 1.807) is 31.2 Å². The van der Waals surface area contributed by atoms with Crippen molar-refractivity contribution in [3.8, 4) is 11.4 Å². The van der Waals surface area contributed by atoms with Crippen LogP contribution in [0.5, 0.6) is 5.75 Å². The minimum Gasteiger partial charge on any atom is -0.491 e. The molecule has 0 spiro atoms. The lowest BCUT2D eigenvalue weighted by atomic mass is 10.2. The van der Waals surface area contributed by atoms with Crippen LogP contribution < -0.4 is 4.74 Å². The van der Waals surface area contributed by atoms with Gasteiger partial charge in [0.2, 0.25) is 5.16 Å². The third-order valence-electron chi connectivity index (χ3n) is 4.77. The quantitative estimate of drug-likeness (QED) is 0.379. The molecule has 8 heteroatoms. The molecule has 1 fully saturated rings. The van der Waals surface area contributed by atoms with Gasteiger partial charge in [0.05, 0.1) is 24.0 Å². The molecular formula is C23H25N3O4S. The van der Waals surface area contributed by atoms with Crippen molar-refractivity contribution in [2.75, 3.05) is 19.0 Å². The van der Waals surface area contributed by atoms with E-state index in [1.165, 1.54) is 11.8 Å². The van der Waals surface area contributed by atoms with Crippen molar-refractivity contribution in [1.29, 1.82) is 0 Å². The number of aliphatic hydroxyl groups excluding tert-OH is 1. The molecule has 0 aliphatic heterocycles. The highest BCUT2D eigenvalue weighted by atomic mass is 32.2. The lowest BCUT2D eigenvalue weighted by Crippen LogP contribution is -2.20. The van der Waals surface area contributed by atoms with Crippen LogP contribution in [-0.4, -0.2) is 50.9 Å². The molecule has 1 atom stereocenters. The lowest BCUT2D eigenvalue weighted by molar-refractivity contribution is 0.0526. The van der Waals surface area contributed by atoms with Gasteiger partial charge in [0, 0.05) is 11.7 Å². The molecule has 0 bridgehead atoms. The molecule has 0 amide bonds. The number of aromatic nitrogens is 3. The number of benzene rings is 2. The number of aliphatic hydroxyl groups is 1. The number of hydrogen-bond donors (Lipinski definition) is 1. The zero-order valence-corrected chi connectivity index (χ0v) is 18.1. The van der Waals surface area contributed by atoms with Crippen LogP contribution in [0.3, 0.4) is 0 Å². The fourth-order valence-electron chi connectivity index (χ4n) is 3.04. The predicted octanol–water partition coefficient (Wildman–Crippen LogP) is 3.85. The Bertz CT molecular complexity index is 1000. The van der Waals surface area contributed by atoms with Gasteiger partial charge >= 0.3 is 5.97 Å². The van der Waals surface area contributed by atoms with Crippen LogP contribution in [0.2, 0.25) is 0 Å². The van der Waals surface area contributed by atoms with Gasteiger partial charge in [-0.05, 0) is 56.2 Å². The summed E-state index contributed by atoms with van der Waals surface area (Å²) in [6.45, 7) is 2.24. The maximum absolute atomic E-state index is 11.7. The van der Waals surface area contributed by atoms with Gasteiger partial charge in [-0.25, -0.2) is 14.5 Å². The summed E-state index contributed by atoms with van der Waals surface area (Å²) in [5.74, 6) is 2.09. The van der Waals surface area contributed by atoms with Gasteiger partial charge in [0.25, 0.3) is 0 Å². The number of rotatable bonds is 10. The summed E-state index contributed by atoms with van der Waals surface area (Å²) in [7, 11) is 0. The fourth-order valence-corrected chi connectivity index (χ4v) is 3.78. The summed E-state index contributed by atoms with van der Waals surface area (Å²) in [6, 6.07) is 16.7. The fraction of sp³-hybridized carbons (Fsp3) is 0.348. The van der Waals surface area contributed by atoms with Crippen LogP contribution in [-0.2, 0) is 4.74 Å². The average molecular weight is 440 g/mol. The summed E-state index contributed by atoms with van der Waals surface area (Å²) in [5, 5.41) is 15.6. The molecule has 7 nitrogen and oxygen atoms in total.